The van der Waals surface area contributed by atoms with E-state index in [2.05, 4.69) is 22.8 Å². The second-order valence-corrected chi connectivity index (χ2v) is 11.4. The minimum Gasteiger partial charge on any atom is -0.349 e. The van der Waals surface area contributed by atoms with Crippen LogP contribution in [0.2, 0.25) is 19.1 Å². The summed E-state index contributed by atoms with van der Waals surface area (Å²) < 4.78 is 0. The number of carbonyl (C=O) groups excluding carboxylic acids is 2. The maximum atomic E-state index is 12.5. The van der Waals surface area contributed by atoms with E-state index in [1.54, 1.807) is 0 Å². The molecule has 21 heavy (non-hydrogen) atoms. The Labute approximate surface area is 126 Å². The lowest BCUT2D eigenvalue weighted by Crippen LogP contribution is -2.43. The molecule has 1 fully saturated rings. The molecule has 2 N–H and O–H groups in total. The van der Waals surface area contributed by atoms with Crippen LogP contribution >= 0.6 is 0 Å². The average Bonchev–Trinajstić information content (AvgIpc) is 2.73. The van der Waals surface area contributed by atoms with Gasteiger partial charge in [0.1, 0.15) is 6.04 Å². The van der Waals surface area contributed by atoms with Crippen molar-refractivity contribution in [3.05, 3.63) is 35.4 Å². The van der Waals surface area contributed by atoms with Crippen molar-refractivity contribution >= 4 is 19.5 Å². The highest BCUT2D eigenvalue weighted by molar-refractivity contribution is 7.05. The van der Waals surface area contributed by atoms with Crippen LogP contribution in [-0.2, 0) is 11.2 Å². The van der Waals surface area contributed by atoms with Crippen LogP contribution in [0, 0.1) is 0 Å². The van der Waals surface area contributed by atoms with Crippen LogP contribution in [-0.4, -0.2) is 25.6 Å². The zero-order valence-electron chi connectivity index (χ0n) is 12.6. The number of aryl methyl sites for hydroxylation is 1. The number of carbonyl (C=O) groups is 2. The third-order valence-corrected chi connectivity index (χ3v) is 7.44. The number of hydrogen-bond donors (Lipinski definition) is 2. The summed E-state index contributed by atoms with van der Waals surface area (Å²) in [6, 6.07) is 8.77. The second-order valence-electron chi connectivity index (χ2n) is 6.77. The lowest BCUT2D eigenvalue weighted by molar-refractivity contribution is -0.123. The Kier molecular flexibility index (Phi) is 3.61. The van der Waals surface area contributed by atoms with Gasteiger partial charge in [-0.1, -0.05) is 37.4 Å². The first-order chi connectivity index (χ1) is 9.97. The average molecular weight is 302 g/mol. The van der Waals surface area contributed by atoms with E-state index in [9.17, 15) is 9.59 Å². The van der Waals surface area contributed by atoms with E-state index in [-0.39, 0.29) is 23.5 Å². The molecule has 1 aliphatic heterocycles. The van der Waals surface area contributed by atoms with Crippen LogP contribution in [0.3, 0.4) is 0 Å². The first-order valence-electron chi connectivity index (χ1n) is 7.66. The smallest absolute Gasteiger partial charge is 0.242 e. The van der Waals surface area contributed by atoms with Gasteiger partial charge in [-0.2, -0.15) is 0 Å². The lowest BCUT2D eigenvalue weighted by atomic mass is 9.87. The summed E-state index contributed by atoms with van der Waals surface area (Å²) in [7, 11) is -1.92. The van der Waals surface area contributed by atoms with Crippen LogP contribution in [0.15, 0.2) is 24.3 Å². The zero-order valence-corrected chi connectivity index (χ0v) is 13.6. The maximum Gasteiger partial charge on any atom is 0.242 e. The van der Waals surface area contributed by atoms with Gasteiger partial charge in [0.05, 0.1) is 6.04 Å². The van der Waals surface area contributed by atoms with Gasteiger partial charge in [-0.3, -0.25) is 9.59 Å². The lowest BCUT2D eigenvalue weighted by Gasteiger charge is -2.27. The van der Waals surface area contributed by atoms with Gasteiger partial charge in [0.25, 0.3) is 0 Å². The molecule has 0 unspecified atom stereocenters. The van der Waals surface area contributed by atoms with Crippen LogP contribution < -0.4 is 10.6 Å². The van der Waals surface area contributed by atoms with E-state index < -0.39 is 8.07 Å². The van der Waals surface area contributed by atoms with Crippen molar-refractivity contribution in [1.82, 2.24) is 10.6 Å². The Morgan fingerprint density at radius 3 is 2.81 bits per heavy atom. The van der Waals surface area contributed by atoms with E-state index in [1.165, 1.54) is 11.1 Å². The zero-order chi connectivity index (χ0) is 15.0. The molecule has 1 heterocycles. The molecule has 3 rings (SSSR count). The van der Waals surface area contributed by atoms with Gasteiger partial charge in [-0.15, -0.1) is 0 Å². The van der Waals surface area contributed by atoms with Crippen LogP contribution in [0.4, 0.5) is 4.79 Å². The predicted molar refractivity (Wildman–Crippen MR) is 84.9 cm³/mol. The fraction of sp³-hybridized carbons (Fsp3) is 0.500. The van der Waals surface area contributed by atoms with E-state index in [0.29, 0.717) is 6.04 Å². The molecule has 1 aliphatic carbocycles. The van der Waals surface area contributed by atoms with Crippen molar-refractivity contribution in [1.29, 1.82) is 0 Å². The Morgan fingerprint density at radius 2 is 2.10 bits per heavy atom. The molecule has 0 spiro atoms. The topological polar surface area (TPSA) is 58.2 Å². The molecule has 1 saturated heterocycles. The van der Waals surface area contributed by atoms with Crippen molar-refractivity contribution in [2.24, 2.45) is 0 Å². The molecule has 5 heteroatoms. The predicted octanol–water partition coefficient (Wildman–Crippen LogP) is 2.56. The molecule has 1 aromatic rings. The summed E-state index contributed by atoms with van der Waals surface area (Å²) in [5.74, 6) is -0.0249. The number of amides is 2. The molecule has 0 bridgehead atoms. The number of nitrogens with one attached hydrogen (secondary N) is 2. The number of hydrogen-bond acceptors (Lipinski definition) is 2. The van der Waals surface area contributed by atoms with Crippen LogP contribution in [0.5, 0.6) is 0 Å². The standard InChI is InChI=1S/C16H22N2O2Si/c1-21(2)10-14(18-16(21)20)15(19)17-13-9-5-7-11-6-3-4-8-12(11)13/h3-4,6,8,13-14H,5,7,9-10H2,1-2H3,(H,17,19)(H,18,20)/t13-,14+/m1/s1. The second kappa shape index (κ2) is 5.29. The van der Waals surface area contributed by atoms with E-state index in [4.69, 9.17) is 0 Å². The fourth-order valence-corrected chi connectivity index (χ4v) is 5.40. The van der Waals surface area contributed by atoms with Gasteiger partial charge in [-0.05, 0) is 36.4 Å². The first-order valence-corrected chi connectivity index (χ1v) is 10.9. The Hall–Kier alpha value is -1.62. The molecular formula is C16H22N2O2Si. The molecule has 2 aliphatic rings. The highest BCUT2D eigenvalue weighted by Gasteiger charge is 2.44. The summed E-state index contributed by atoms with van der Waals surface area (Å²) in [5, 5.41) is 6.01. The van der Waals surface area contributed by atoms with Crippen molar-refractivity contribution < 1.29 is 9.59 Å². The highest BCUT2D eigenvalue weighted by atomic mass is 28.3. The molecule has 4 nitrogen and oxygen atoms in total. The summed E-state index contributed by atoms with van der Waals surface area (Å²) in [4.78, 5) is 24.3. The Morgan fingerprint density at radius 1 is 1.33 bits per heavy atom. The van der Waals surface area contributed by atoms with E-state index >= 15 is 0 Å². The molecule has 2 amide bonds. The quantitative estimate of drug-likeness (QED) is 0.825. The van der Waals surface area contributed by atoms with Gasteiger partial charge >= 0.3 is 0 Å². The summed E-state index contributed by atoms with van der Waals surface area (Å²) in [5.41, 5.74) is 2.67. The normalized spacial score (nSPS) is 26.9. The highest BCUT2D eigenvalue weighted by Crippen LogP contribution is 2.30. The van der Waals surface area contributed by atoms with Crippen LogP contribution in [0.25, 0.3) is 0 Å². The minimum absolute atomic E-state index is 0.0249. The monoisotopic (exact) mass is 302 g/mol. The first kappa shape index (κ1) is 14.3. The SMILES string of the molecule is C[Si]1(C)C[C@@H](C(=O)N[C@@H]2CCCc3ccccc32)NC1=O. The maximum absolute atomic E-state index is 12.5. The van der Waals surface area contributed by atoms with Crippen molar-refractivity contribution in [2.45, 2.75) is 50.5 Å². The molecule has 2 atom stereocenters. The number of rotatable bonds is 2. The summed E-state index contributed by atoms with van der Waals surface area (Å²) in [6.07, 6.45) is 3.16. The van der Waals surface area contributed by atoms with Gasteiger partial charge in [0.15, 0.2) is 13.6 Å². The minimum atomic E-state index is -1.92. The molecule has 0 saturated carbocycles. The molecule has 1 aromatic carbocycles. The van der Waals surface area contributed by atoms with Crippen molar-refractivity contribution in [3.63, 3.8) is 0 Å². The summed E-state index contributed by atoms with van der Waals surface area (Å²) in [6.45, 7) is 4.04. The summed E-state index contributed by atoms with van der Waals surface area (Å²) >= 11 is 0. The van der Waals surface area contributed by atoms with E-state index in [1.807, 2.05) is 25.2 Å². The van der Waals surface area contributed by atoms with Crippen molar-refractivity contribution in [3.8, 4) is 0 Å². The molecular weight excluding hydrogens is 280 g/mol. The Balaban J connectivity index is 1.71. The largest absolute Gasteiger partial charge is 0.349 e. The molecule has 0 radical (unpaired) electrons. The molecule has 112 valence electrons. The number of fused-ring (bicyclic) bond motifs is 1. The van der Waals surface area contributed by atoms with E-state index in [0.717, 1.165) is 19.3 Å². The molecule has 0 aromatic heterocycles. The van der Waals surface area contributed by atoms with Crippen molar-refractivity contribution in [2.75, 3.05) is 0 Å². The number of benzene rings is 1. The van der Waals surface area contributed by atoms with Gasteiger partial charge in [0, 0.05) is 0 Å². The Bertz CT molecular complexity index is 585. The van der Waals surface area contributed by atoms with Crippen LogP contribution in [0.1, 0.15) is 30.0 Å². The third kappa shape index (κ3) is 2.74. The fourth-order valence-electron chi connectivity index (χ4n) is 3.34. The van der Waals surface area contributed by atoms with Gasteiger partial charge < -0.3 is 10.6 Å². The third-order valence-electron chi connectivity index (χ3n) is 4.64. The van der Waals surface area contributed by atoms with Gasteiger partial charge in [-0.25, -0.2) is 0 Å². The van der Waals surface area contributed by atoms with Gasteiger partial charge in [0.2, 0.25) is 5.91 Å².